The van der Waals surface area contributed by atoms with E-state index in [-0.39, 0.29) is 18.6 Å². The van der Waals surface area contributed by atoms with E-state index >= 15 is 0 Å². The van der Waals surface area contributed by atoms with Crippen molar-refractivity contribution in [3.05, 3.63) is 66.2 Å². The van der Waals surface area contributed by atoms with E-state index in [0.717, 1.165) is 41.8 Å². The Labute approximate surface area is 166 Å². The van der Waals surface area contributed by atoms with Crippen molar-refractivity contribution in [3.8, 4) is 0 Å². The van der Waals surface area contributed by atoms with Gasteiger partial charge in [0.2, 0.25) is 0 Å². The van der Waals surface area contributed by atoms with Crippen LogP contribution in [-0.2, 0) is 0 Å². The van der Waals surface area contributed by atoms with Gasteiger partial charge in [-0.3, -0.25) is 4.79 Å². The first-order valence-electron chi connectivity index (χ1n) is 9.90. The highest BCUT2D eigenvalue weighted by molar-refractivity contribution is 6.13. The zero-order chi connectivity index (χ0) is 19.9. The largest absolute Gasteiger partial charge is 0.394 e. The summed E-state index contributed by atoms with van der Waals surface area (Å²) < 4.78 is 0. The van der Waals surface area contributed by atoms with Crippen molar-refractivity contribution in [2.45, 2.75) is 32.7 Å². The fraction of sp³-hybridized carbons (Fsp3) is 0.304. The van der Waals surface area contributed by atoms with E-state index in [4.69, 9.17) is 4.98 Å². The van der Waals surface area contributed by atoms with E-state index in [1.54, 1.807) is 0 Å². The van der Waals surface area contributed by atoms with Gasteiger partial charge in [0.05, 0.1) is 23.7 Å². The maximum absolute atomic E-state index is 12.9. The van der Waals surface area contributed by atoms with Crippen molar-refractivity contribution >= 4 is 28.3 Å². The lowest BCUT2D eigenvalue weighted by Gasteiger charge is -2.25. The number of carbonyl (C=O) groups excluding carboxylic acids is 1. The molecule has 0 bridgehead atoms. The maximum Gasteiger partial charge on any atom is 0.256 e. The number of pyridine rings is 1. The molecular weight excluding hydrogens is 350 g/mol. The summed E-state index contributed by atoms with van der Waals surface area (Å²) in [5.74, 6) is 0.592. The quantitative estimate of drug-likeness (QED) is 0.704. The summed E-state index contributed by atoms with van der Waals surface area (Å²) in [4.78, 5) is 19.8. The highest BCUT2D eigenvalue weighted by Crippen LogP contribution is 2.28. The minimum Gasteiger partial charge on any atom is -0.394 e. The Hall–Kier alpha value is -2.92. The van der Waals surface area contributed by atoms with Gasteiger partial charge in [-0.2, -0.15) is 0 Å². The second kappa shape index (κ2) is 9.33. The first-order chi connectivity index (χ1) is 13.8. The lowest BCUT2D eigenvalue weighted by atomic mass is 10.1. The van der Waals surface area contributed by atoms with Crippen LogP contribution >= 0.6 is 0 Å². The number of aliphatic hydroxyl groups is 1. The van der Waals surface area contributed by atoms with Crippen molar-refractivity contribution in [2.24, 2.45) is 0 Å². The van der Waals surface area contributed by atoms with E-state index in [0.29, 0.717) is 5.56 Å². The van der Waals surface area contributed by atoms with Crippen molar-refractivity contribution in [3.63, 3.8) is 0 Å². The Morgan fingerprint density at radius 2 is 1.86 bits per heavy atom. The number of para-hydroxylation sites is 2. The van der Waals surface area contributed by atoms with Crippen LogP contribution in [0.3, 0.4) is 0 Å². The monoisotopic (exact) mass is 377 g/mol. The molecule has 5 heteroatoms. The number of hydrogen-bond donors (Lipinski definition) is 2. The van der Waals surface area contributed by atoms with Gasteiger partial charge in [-0.1, -0.05) is 50.2 Å². The summed E-state index contributed by atoms with van der Waals surface area (Å²) in [6, 6.07) is 19.0. The van der Waals surface area contributed by atoms with Gasteiger partial charge in [-0.25, -0.2) is 4.98 Å². The van der Waals surface area contributed by atoms with Crippen molar-refractivity contribution in [1.82, 2.24) is 4.98 Å². The lowest BCUT2D eigenvalue weighted by Crippen LogP contribution is -2.33. The fourth-order valence-corrected chi connectivity index (χ4v) is 3.54. The molecule has 2 heterocycles. The molecule has 1 saturated heterocycles. The third-order valence-corrected chi connectivity index (χ3v) is 4.86. The summed E-state index contributed by atoms with van der Waals surface area (Å²) in [6.07, 6.45) is 1.96. The smallest absolute Gasteiger partial charge is 0.256 e. The van der Waals surface area contributed by atoms with Crippen LogP contribution in [0.15, 0.2) is 60.7 Å². The van der Waals surface area contributed by atoms with Crippen LogP contribution in [0.4, 0.5) is 11.5 Å². The third kappa shape index (κ3) is 4.15. The van der Waals surface area contributed by atoms with Crippen LogP contribution in [0.5, 0.6) is 0 Å². The van der Waals surface area contributed by atoms with E-state index in [1.807, 2.05) is 74.5 Å². The molecule has 3 aromatic rings. The standard InChI is InChI=1S/C21H21N3O2.C2H6/c25-14-16-9-6-12-24(16)20-13-18(17-10-4-5-11-19(17)23-20)21(26)22-15-7-2-1-3-8-15;1-2/h1-5,7-8,10-11,13,16,25H,6,9,12,14H2,(H,22,26);1-2H3. The molecule has 1 aromatic heterocycles. The SMILES string of the molecule is CC.O=C(Nc1ccccc1)c1cc(N2CCCC2CO)nc2ccccc12. The minimum atomic E-state index is -0.157. The van der Waals surface area contributed by atoms with Crippen molar-refractivity contribution in [1.29, 1.82) is 0 Å². The average Bonchev–Trinajstić information content (AvgIpc) is 3.24. The van der Waals surface area contributed by atoms with Crippen molar-refractivity contribution in [2.75, 3.05) is 23.4 Å². The number of rotatable bonds is 4. The summed E-state index contributed by atoms with van der Waals surface area (Å²) in [7, 11) is 0. The highest BCUT2D eigenvalue weighted by Gasteiger charge is 2.26. The first-order valence-corrected chi connectivity index (χ1v) is 9.90. The molecule has 2 aromatic carbocycles. The van der Waals surface area contributed by atoms with E-state index in [2.05, 4.69) is 10.2 Å². The van der Waals surface area contributed by atoms with Crippen LogP contribution in [0.1, 0.15) is 37.0 Å². The zero-order valence-corrected chi connectivity index (χ0v) is 16.4. The Morgan fingerprint density at radius 3 is 2.61 bits per heavy atom. The molecule has 1 atom stereocenters. The van der Waals surface area contributed by atoms with E-state index in [9.17, 15) is 9.90 Å². The predicted octanol–water partition coefficient (Wildman–Crippen LogP) is 4.47. The Morgan fingerprint density at radius 1 is 1.14 bits per heavy atom. The first kappa shape index (κ1) is 19.8. The topological polar surface area (TPSA) is 65.5 Å². The highest BCUT2D eigenvalue weighted by atomic mass is 16.3. The van der Waals surface area contributed by atoms with Gasteiger partial charge in [0.15, 0.2) is 0 Å². The van der Waals surface area contributed by atoms with Gasteiger partial charge >= 0.3 is 0 Å². The van der Waals surface area contributed by atoms with Crippen LogP contribution in [-0.4, -0.2) is 35.2 Å². The molecule has 0 spiro atoms. The van der Waals surface area contributed by atoms with Crippen LogP contribution < -0.4 is 10.2 Å². The summed E-state index contributed by atoms with van der Waals surface area (Å²) >= 11 is 0. The number of nitrogens with zero attached hydrogens (tertiary/aromatic N) is 2. The molecule has 1 aliphatic rings. The number of aromatic nitrogens is 1. The molecule has 2 N–H and O–H groups in total. The van der Waals surface area contributed by atoms with Crippen LogP contribution in [0.25, 0.3) is 10.9 Å². The maximum atomic E-state index is 12.9. The van der Waals surface area contributed by atoms with Crippen LogP contribution in [0.2, 0.25) is 0 Å². The number of anilines is 2. The number of aliphatic hydroxyl groups excluding tert-OH is 1. The minimum absolute atomic E-state index is 0.0636. The van der Waals surface area contributed by atoms with Gasteiger partial charge in [0, 0.05) is 17.6 Å². The molecular formula is C23H27N3O2. The zero-order valence-electron chi connectivity index (χ0n) is 16.4. The Bertz CT molecular complexity index is 928. The molecule has 146 valence electrons. The number of nitrogens with one attached hydrogen (secondary N) is 1. The molecule has 5 nitrogen and oxygen atoms in total. The van der Waals surface area contributed by atoms with E-state index < -0.39 is 0 Å². The van der Waals surface area contributed by atoms with E-state index in [1.165, 1.54) is 0 Å². The fourth-order valence-electron chi connectivity index (χ4n) is 3.54. The van der Waals surface area contributed by atoms with Crippen LogP contribution in [0, 0.1) is 0 Å². The Balaban J connectivity index is 0.00000109. The summed E-state index contributed by atoms with van der Waals surface area (Å²) in [5.41, 5.74) is 2.14. The lowest BCUT2D eigenvalue weighted by molar-refractivity contribution is 0.102. The predicted molar refractivity (Wildman–Crippen MR) is 115 cm³/mol. The number of hydrogen-bond acceptors (Lipinski definition) is 4. The molecule has 1 unspecified atom stereocenters. The summed E-state index contributed by atoms with van der Waals surface area (Å²) in [5, 5.41) is 13.4. The molecule has 0 saturated carbocycles. The second-order valence-corrected chi connectivity index (χ2v) is 6.54. The van der Waals surface area contributed by atoms with Crippen molar-refractivity contribution < 1.29 is 9.90 Å². The number of benzene rings is 2. The number of amides is 1. The van der Waals surface area contributed by atoms with Gasteiger partial charge in [0.25, 0.3) is 5.91 Å². The average molecular weight is 377 g/mol. The molecule has 1 amide bonds. The summed E-state index contributed by atoms with van der Waals surface area (Å²) in [6.45, 7) is 4.94. The molecule has 4 rings (SSSR count). The normalized spacial score (nSPS) is 15.8. The van der Waals surface area contributed by atoms with Gasteiger partial charge in [-0.15, -0.1) is 0 Å². The van der Waals surface area contributed by atoms with Gasteiger partial charge in [0.1, 0.15) is 5.82 Å². The number of carbonyl (C=O) groups is 1. The third-order valence-electron chi connectivity index (χ3n) is 4.86. The molecule has 1 aliphatic heterocycles. The molecule has 0 aliphatic carbocycles. The van der Waals surface area contributed by atoms with Gasteiger partial charge < -0.3 is 15.3 Å². The van der Waals surface area contributed by atoms with Gasteiger partial charge in [-0.05, 0) is 37.1 Å². The molecule has 1 fully saturated rings. The molecule has 28 heavy (non-hydrogen) atoms. The second-order valence-electron chi connectivity index (χ2n) is 6.54. The molecule has 0 radical (unpaired) electrons. The Kier molecular flexibility index (Phi) is 6.61. The number of fused-ring (bicyclic) bond motifs is 1.